The van der Waals surface area contributed by atoms with Crippen LogP contribution in [-0.4, -0.2) is 5.78 Å². The van der Waals surface area contributed by atoms with E-state index < -0.39 is 5.41 Å². The Hall–Kier alpha value is -0.700. The summed E-state index contributed by atoms with van der Waals surface area (Å²) in [5, 5.41) is 0. The Labute approximate surface area is 96.8 Å². The van der Waals surface area contributed by atoms with Crippen LogP contribution in [0.15, 0.2) is 22.7 Å². The molecule has 0 aromatic heterocycles. The van der Waals surface area contributed by atoms with Gasteiger partial charge in [-0.3, -0.25) is 4.79 Å². The number of ketones is 1. The van der Waals surface area contributed by atoms with Gasteiger partial charge in [-0.25, -0.2) is 4.39 Å². The maximum atomic E-state index is 13.6. The molecule has 0 heterocycles. The van der Waals surface area contributed by atoms with Crippen molar-refractivity contribution in [3.05, 3.63) is 34.1 Å². The van der Waals surface area contributed by atoms with E-state index in [1.165, 1.54) is 6.07 Å². The third-order valence-electron chi connectivity index (χ3n) is 3.31. The van der Waals surface area contributed by atoms with Gasteiger partial charge in [0.15, 0.2) is 0 Å². The van der Waals surface area contributed by atoms with Crippen LogP contribution in [-0.2, 0) is 4.79 Å². The van der Waals surface area contributed by atoms with Gasteiger partial charge in [-0.15, -0.1) is 0 Å². The molecule has 1 atom stereocenters. The average Bonchev–Trinajstić information content (AvgIpc) is 2.18. The number of halogens is 2. The van der Waals surface area contributed by atoms with Crippen LogP contribution in [0, 0.1) is 11.2 Å². The van der Waals surface area contributed by atoms with E-state index in [9.17, 15) is 9.18 Å². The molecule has 2 rings (SSSR count). The van der Waals surface area contributed by atoms with Crippen molar-refractivity contribution in [2.24, 2.45) is 5.41 Å². The number of hydrogen-bond acceptors (Lipinski definition) is 1. The molecule has 0 aliphatic heterocycles. The minimum Gasteiger partial charge on any atom is -0.299 e. The summed E-state index contributed by atoms with van der Waals surface area (Å²) in [5.41, 5.74) is 0.232. The van der Waals surface area contributed by atoms with Gasteiger partial charge in [-0.1, -0.05) is 29.8 Å². The van der Waals surface area contributed by atoms with Crippen molar-refractivity contribution in [2.75, 3.05) is 0 Å². The van der Waals surface area contributed by atoms with E-state index in [-0.39, 0.29) is 17.5 Å². The van der Waals surface area contributed by atoms with Gasteiger partial charge in [-0.05, 0) is 23.8 Å². The number of carbonyl (C=O) groups excluding carboxylic acids is 1. The summed E-state index contributed by atoms with van der Waals surface area (Å²) in [6.07, 6.45) is 0.459. The zero-order chi connectivity index (χ0) is 11.2. The van der Waals surface area contributed by atoms with E-state index in [2.05, 4.69) is 15.9 Å². The van der Waals surface area contributed by atoms with Crippen LogP contribution in [0.5, 0.6) is 0 Å². The van der Waals surface area contributed by atoms with Crippen molar-refractivity contribution in [2.45, 2.75) is 26.2 Å². The SMILES string of the molecule is CC1(C)C(=O)CC1c1cc(Br)ccc1F. The van der Waals surface area contributed by atoms with Crippen molar-refractivity contribution < 1.29 is 9.18 Å². The Balaban J connectivity index is 2.39. The molecule has 0 bridgehead atoms. The van der Waals surface area contributed by atoms with Crippen molar-refractivity contribution in [1.29, 1.82) is 0 Å². The molecule has 15 heavy (non-hydrogen) atoms. The minimum atomic E-state index is -0.415. The first-order valence-electron chi connectivity index (χ1n) is 4.91. The van der Waals surface area contributed by atoms with Gasteiger partial charge in [0.25, 0.3) is 0 Å². The largest absolute Gasteiger partial charge is 0.299 e. The zero-order valence-electron chi connectivity index (χ0n) is 8.68. The van der Waals surface area contributed by atoms with E-state index in [0.717, 1.165) is 4.47 Å². The number of carbonyl (C=O) groups is 1. The lowest BCUT2D eigenvalue weighted by Gasteiger charge is -2.43. The molecule has 80 valence electrons. The molecule has 1 aliphatic rings. The molecule has 1 aliphatic carbocycles. The average molecular weight is 271 g/mol. The Morgan fingerprint density at radius 1 is 1.47 bits per heavy atom. The molecule has 0 spiro atoms. The molecular weight excluding hydrogens is 259 g/mol. The normalized spacial score (nSPS) is 23.7. The Bertz CT molecular complexity index is 426. The van der Waals surface area contributed by atoms with E-state index in [1.807, 2.05) is 13.8 Å². The Morgan fingerprint density at radius 3 is 2.67 bits per heavy atom. The van der Waals surface area contributed by atoms with Gasteiger partial charge >= 0.3 is 0 Å². The lowest BCUT2D eigenvalue weighted by Crippen LogP contribution is -2.43. The topological polar surface area (TPSA) is 17.1 Å². The quantitative estimate of drug-likeness (QED) is 0.761. The van der Waals surface area contributed by atoms with Crippen LogP contribution in [0.2, 0.25) is 0 Å². The van der Waals surface area contributed by atoms with Crippen molar-refractivity contribution in [3.8, 4) is 0 Å². The Kier molecular flexibility index (Phi) is 2.45. The van der Waals surface area contributed by atoms with Crippen LogP contribution >= 0.6 is 15.9 Å². The number of hydrogen-bond donors (Lipinski definition) is 0. The first-order valence-corrected chi connectivity index (χ1v) is 5.70. The third-order valence-corrected chi connectivity index (χ3v) is 3.81. The summed E-state index contributed by atoms with van der Waals surface area (Å²) >= 11 is 3.32. The van der Waals surface area contributed by atoms with E-state index in [0.29, 0.717) is 12.0 Å². The molecule has 1 saturated carbocycles. The van der Waals surface area contributed by atoms with Crippen LogP contribution < -0.4 is 0 Å². The highest BCUT2D eigenvalue weighted by Gasteiger charge is 2.48. The molecule has 0 radical (unpaired) electrons. The monoisotopic (exact) mass is 270 g/mol. The molecule has 0 amide bonds. The highest BCUT2D eigenvalue weighted by molar-refractivity contribution is 9.10. The molecule has 0 N–H and O–H groups in total. The molecule has 1 fully saturated rings. The number of Topliss-reactive ketones (excluding diaryl/α,β-unsaturated/α-hetero) is 1. The summed E-state index contributed by atoms with van der Waals surface area (Å²) < 4.78 is 14.4. The molecule has 1 unspecified atom stereocenters. The standard InChI is InChI=1S/C12H12BrFO/c1-12(2)9(6-11(12)15)8-5-7(13)3-4-10(8)14/h3-5,9H,6H2,1-2H3. The first kappa shape index (κ1) is 10.8. The van der Waals surface area contributed by atoms with Gasteiger partial charge in [0, 0.05) is 22.2 Å². The Morgan fingerprint density at radius 2 is 2.13 bits per heavy atom. The third kappa shape index (κ3) is 1.63. The van der Waals surface area contributed by atoms with E-state index in [4.69, 9.17) is 0 Å². The van der Waals surface area contributed by atoms with E-state index >= 15 is 0 Å². The molecule has 1 aromatic rings. The second-order valence-corrected chi connectivity index (χ2v) is 5.48. The summed E-state index contributed by atoms with van der Waals surface area (Å²) in [4.78, 5) is 11.4. The summed E-state index contributed by atoms with van der Waals surface area (Å²) in [5.74, 6) is 0.0122. The molecule has 1 aromatic carbocycles. The first-order chi connectivity index (χ1) is 6.93. The van der Waals surface area contributed by atoms with Crippen molar-refractivity contribution in [1.82, 2.24) is 0 Å². The van der Waals surface area contributed by atoms with Crippen LogP contribution in [0.1, 0.15) is 31.7 Å². The van der Waals surface area contributed by atoms with Gasteiger partial charge < -0.3 is 0 Å². The lowest BCUT2D eigenvalue weighted by atomic mass is 9.59. The van der Waals surface area contributed by atoms with Gasteiger partial charge in [0.05, 0.1) is 0 Å². The maximum Gasteiger partial charge on any atom is 0.139 e. The van der Waals surface area contributed by atoms with Crippen LogP contribution in [0.4, 0.5) is 4.39 Å². The molecule has 3 heteroatoms. The molecule has 1 nitrogen and oxygen atoms in total. The van der Waals surface area contributed by atoms with Gasteiger partial charge in [0.1, 0.15) is 11.6 Å². The van der Waals surface area contributed by atoms with Gasteiger partial charge in [0.2, 0.25) is 0 Å². The van der Waals surface area contributed by atoms with E-state index in [1.54, 1.807) is 12.1 Å². The minimum absolute atomic E-state index is 0.0162. The predicted molar refractivity (Wildman–Crippen MR) is 60.2 cm³/mol. The fourth-order valence-electron chi connectivity index (χ4n) is 2.05. The van der Waals surface area contributed by atoms with Crippen molar-refractivity contribution >= 4 is 21.7 Å². The fraction of sp³-hybridized carbons (Fsp3) is 0.417. The predicted octanol–water partition coefficient (Wildman–Crippen LogP) is 3.67. The lowest BCUT2D eigenvalue weighted by molar-refractivity contribution is -0.138. The number of benzene rings is 1. The second kappa shape index (κ2) is 3.41. The number of rotatable bonds is 1. The molecular formula is C12H12BrFO. The fourth-order valence-corrected chi connectivity index (χ4v) is 2.43. The summed E-state index contributed by atoms with van der Waals surface area (Å²) in [6, 6.07) is 4.89. The second-order valence-electron chi connectivity index (χ2n) is 4.57. The highest BCUT2D eigenvalue weighted by Crippen LogP contribution is 2.50. The highest BCUT2D eigenvalue weighted by atomic mass is 79.9. The molecule has 0 saturated heterocycles. The van der Waals surface area contributed by atoms with Crippen molar-refractivity contribution in [3.63, 3.8) is 0 Å². The van der Waals surface area contributed by atoms with Crippen LogP contribution in [0.3, 0.4) is 0 Å². The van der Waals surface area contributed by atoms with Gasteiger partial charge in [-0.2, -0.15) is 0 Å². The smallest absolute Gasteiger partial charge is 0.139 e. The van der Waals surface area contributed by atoms with Crippen LogP contribution in [0.25, 0.3) is 0 Å². The summed E-state index contributed by atoms with van der Waals surface area (Å²) in [6.45, 7) is 3.76. The summed E-state index contributed by atoms with van der Waals surface area (Å²) in [7, 11) is 0. The maximum absolute atomic E-state index is 13.6. The zero-order valence-corrected chi connectivity index (χ0v) is 10.3.